The van der Waals surface area contributed by atoms with E-state index in [0.717, 1.165) is 11.0 Å². The fourth-order valence-electron chi connectivity index (χ4n) is 2.79. The SMILES string of the molecule is CO[C@@H]1C[C@@H](CO)N(C(=O)/C=C/c2cnc3ccccc3n2)C1. The monoisotopic (exact) mass is 313 g/mol. The summed E-state index contributed by atoms with van der Waals surface area (Å²) < 4.78 is 5.28. The van der Waals surface area contributed by atoms with Gasteiger partial charge in [-0.25, -0.2) is 4.98 Å². The summed E-state index contributed by atoms with van der Waals surface area (Å²) in [6.07, 6.45) is 5.39. The van der Waals surface area contributed by atoms with Crippen molar-refractivity contribution in [1.82, 2.24) is 14.9 Å². The number of methoxy groups -OCH3 is 1. The molecule has 1 aromatic heterocycles. The van der Waals surface area contributed by atoms with Crippen LogP contribution < -0.4 is 0 Å². The van der Waals surface area contributed by atoms with Crippen molar-refractivity contribution >= 4 is 23.0 Å². The Hall–Kier alpha value is -2.31. The average molecular weight is 313 g/mol. The minimum absolute atomic E-state index is 0.0232. The summed E-state index contributed by atoms with van der Waals surface area (Å²) in [6.45, 7) is 0.434. The number of carbonyl (C=O) groups is 1. The van der Waals surface area contributed by atoms with E-state index in [9.17, 15) is 9.90 Å². The molecule has 0 spiro atoms. The number of hydrogen-bond acceptors (Lipinski definition) is 5. The molecule has 1 aliphatic rings. The zero-order valence-electron chi connectivity index (χ0n) is 12.9. The summed E-state index contributed by atoms with van der Waals surface area (Å²) in [7, 11) is 1.62. The van der Waals surface area contributed by atoms with Gasteiger partial charge in [0.1, 0.15) is 0 Å². The fourth-order valence-corrected chi connectivity index (χ4v) is 2.79. The van der Waals surface area contributed by atoms with Gasteiger partial charge in [0.2, 0.25) is 5.91 Å². The van der Waals surface area contributed by atoms with Gasteiger partial charge in [0.25, 0.3) is 0 Å². The molecular formula is C17H19N3O3. The van der Waals surface area contributed by atoms with Crippen LogP contribution in [-0.2, 0) is 9.53 Å². The van der Waals surface area contributed by atoms with Gasteiger partial charge in [-0.15, -0.1) is 0 Å². The number of amides is 1. The highest BCUT2D eigenvalue weighted by Crippen LogP contribution is 2.20. The van der Waals surface area contributed by atoms with Crippen molar-refractivity contribution in [1.29, 1.82) is 0 Å². The van der Waals surface area contributed by atoms with Gasteiger partial charge in [-0.05, 0) is 24.6 Å². The molecule has 120 valence electrons. The third kappa shape index (κ3) is 3.38. The smallest absolute Gasteiger partial charge is 0.247 e. The normalized spacial score (nSPS) is 21.4. The number of ether oxygens (including phenoxy) is 1. The molecule has 23 heavy (non-hydrogen) atoms. The second-order valence-electron chi connectivity index (χ2n) is 5.54. The molecule has 0 unspecified atom stereocenters. The van der Waals surface area contributed by atoms with E-state index in [1.165, 1.54) is 6.08 Å². The highest BCUT2D eigenvalue weighted by atomic mass is 16.5. The zero-order valence-corrected chi connectivity index (χ0v) is 12.9. The van der Waals surface area contributed by atoms with Crippen molar-refractivity contribution in [3.05, 3.63) is 42.2 Å². The topological polar surface area (TPSA) is 75.6 Å². The predicted octanol–water partition coefficient (Wildman–Crippen LogP) is 1.25. The molecule has 6 heteroatoms. The molecule has 0 aliphatic carbocycles. The maximum atomic E-state index is 12.3. The standard InChI is InChI=1S/C17H19N3O3/c1-23-14-8-13(11-21)20(10-14)17(22)7-6-12-9-18-15-4-2-3-5-16(15)19-12/h2-7,9,13-14,21H,8,10-11H2,1H3/b7-6+/t13-,14+/m0/s1. The van der Waals surface area contributed by atoms with Gasteiger partial charge >= 0.3 is 0 Å². The minimum atomic E-state index is -0.195. The lowest BCUT2D eigenvalue weighted by Crippen LogP contribution is -2.36. The first-order valence-corrected chi connectivity index (χ1v) is 7.55. The van der Waals surface area contributed by atoms with E-state index < -0.39 is 0 Å². The Balaban J connectivity index is 1.74. The molecular weight excluding hydrogens is 294 g/mol. The number of nitrogens with zero attached hydrogens (tertiary/aromatic N) is 3. The first kappa shape index (κ1) is 15.6. The quantitative estimate of drug-likeness (QED) is 0.860. The van der Waals surface area contributed by atoms with Crippen LogP contribution in [0.1, 0.15) is 12.1 Å². The van der Waals surface area contributed by atoms with Gasteiger partial charge in [0.05, 0.1) is 41.7 Å². The molecule has 2 atom stereocenters. The van der Waals surface area contributed by atoms with E-state index in [0.29, 0.717) is 18.7 Å². The molecule has 1 aromatic carbocycles. The second-order valence-corrected chi connectivity index (χ2v) is 5.54. The van der Waals surface area contributed by atoms with E-state index in [-0.39, 0.29) is 24.7 Å². The van der Waals surface area contributed by atoms with Gasteiger partial charge < -0.3 is 14.7 Å². The summed E-state index contributed by atoms with van der Waals surface area (Å²) in [5, 5.41) is 9.41. The van der Waals surface area contributed by atoms with Crippen LogP contribution in [0.5, 0.6) is 0 Å². The van der Waals surface area contributed by atoms with Crippen molar-refractivity contribution in [2.24, 2.45) is 0 Å². The van der Waals surface area contributed by atoms with Gasteiger partial charge in [-0.2, -0.15) is 0 Å². The first-order chi connectivity index (χ1) is 11.2. The van der Waals surface area contributed by atoms with Crippen molar-refractivity contribution in [2.75, 3.05) is 20.3 Å². The number of aliphatic hydroxyl groups excluding tert-OH is 1. The van der Waals surface area contributed by atoms with Crippen molar-refractivity contribution in [3.8, 4) is 0 Å². The Morgan fingerprint density at radius 1 is 1.43 bits per heavy atom. The Morgan fingerprint density at radius 2 is 2.22 bits per heavy atom. The number of para-hydroxylation sites is 2. The van der Waals surface area contributed by atoms with Gasteiger partial charge in [-0.1, -0.05) is 12.1 Å². The lowest BCUT2D eigenvalue weighted by Gasteiger charge is -2.20. The van der Waals surface area contributed by atoms with E-state index in [2.05, 4.69) is 9.97 Å². The van der Waals surface area contributed by atoms with Crippen LogP contribution in [-0.4, -0.2) is 58.3 Å². The highest BCUT2D eigenvalue weighted by Gasteiger charge is 2.33. The molecule has 1 saturated heterocycles. The maximum absolute atomic E-state index is 12.3. The molecule has 3 rings (SSSR count). The lowest BCUT2D eigenvalue weighted by atomic mass is 10.2. The highest BCUT2D eigenvalue weighted by molar-refractivity contribution is 5.92. The average Bonchev–Trinajstić information content (AvgIpc) is 3.03. The molecule has 1 amide bonds. The number of aliphatic hydroxyl groups is 1. The first-order valence-electron chi connectivity index (χ1n) is 7.55. The van der Waals surface area contributed by atoms with E-state index in [1.807, 2.05) is 24.3 Å². The van der Waals surface area contributed by atoms with Gasteiger partial charge in [0.15, 0.2) is 0 Å². The van der Waals surface area contributed by atoms with E-state index in [1.54, 1.807) is 24.3 Å². The Bertz CT molecular complexity index is 732. The Kier molecular flexibility index (Phi) is 4.64. The fraction of sp³-hybridized carbons (Fsp3) is 0.353. The van der Waals surface area contributed by atoms with Crippen molar-refractivity contribution in [2.45, 2.75) is 18.6 Å². The summed E-state index contributed by atoms with van der Waals surface area (Å²) >= 11 is 0. The summed E-state index contributed by atoms with van der Waals surface area (Å²) in [5.74, 6) is -0.154. The Morgan fingerprint density at radius 3 is 2.96 bits per heavy atom. The molecule has 0 radical (unpaired) electrons. The molecule has 2 aromatic rings. The number of fused-ring (bicyclic) bond motifs is 1. The van der Waals surface area contributed by atoms with Crippen LogP contribution in [0.4, 0.5) is 0 Å². The predicted molar refractivity (Wildman–Crippen MR) is 86.6 cm³/mol. The van der Waals surface area contributed by atoms with Crippen LogP contribution in [0.2, 0.25) is 0 Å². The van der Waals surface area contributed by atoms with Crippen LogP contribution in [0.25, 0.3) is 17.1 Å². The molecule has 0 saturated carbocycles. The molecule has 1 aliphatic heterocycles. The molecule has 0 bridgehead atoms. The van der Waals surface area contributed by atoms with Gasteiger partial charge in [-0.3, -0.25) is 9.78 Å². The minimum Gasteiger partial charge on any atom is -0.394 e. The van der Waals surface area contributed by atoms with Crippen LogP contribution >= 0.6 is 0 Å². The number of rotatable bonds is 4. The number of hydrogen-bond donors (Lipinski definition) is 1. The molecule has 1 fully saturated rings. The summed E-state index contributed by atoms with van der Waals surface area (Å²) in [4.78, 5) is 22.7. The largest absolute Gasteiger partial charge is 0.394 e. The second kappa shape index (κ2) is 6.85. The van der Waals surface area contributed by atoms with Crippen molar-refractivity contribution in [3.63, 3.8) is 0 Å². The number of likely N-dealkylation sites (tertiary alicyclic amines) is 1. The van der Waals surface area contributed by atoms with Crippen LogP contribution in [0, 0.1) is 0 Å². The lowest BCUT2D eigenvalue weighted by molar-refractivity contribution is -0.127. The zero-order chi connectivity index (χ0) is 16.2. The van der Waals surface area contributed by atoms with Crippen molar-refractivity contribution < 1.29 is 14.6 Å². The summed E-state index contributed by atoms with van der Waals surface area (Å²) in [6, 6.07) is 7.38. The molecule has 6 nitrogen and oxygen atoms in total. The third-order valence-corrected chi connectivity index (χ3v) is 4.07. The van der Waals surface area contributed by atoms with Crippen LogP contribution in [0.3, 0.4) is 0 Å². The van der Waals surface area contributed by atoms with Crippen LogP contribution in [0.15, 0.2) is 36.5 Å². The maximum Gasteiger partial charge on any atom is 0.247 e. The third-order valence-electron chi connectivity index (χ3n) is 4.07. The number of carbonyl (C=O) groups excluding carboxylic acids is 1. The van der Waals surface area contributed by atoms with E-state index >= 15 is 0 Å². The number of aromatic nitrogens is 2. The molecule has 2 heterocycles. The molecule has 1 N–H and O–H groups in total. The number of benzene rings is 1. The van der Waals surface area contributed by atoms with Gasteiger partial charge in [0, 0.05) is 19.7 Å². The summed E-state index contributed by atoms with van der Waals surface area (Å²) in [5.41, 5.74) is 2.23. The van der Waals surface area contributed by atoms with E-state index in [4.69, 9.17) is 4.74 Å². The Labute approximate surface area is 134 Å².